The molecule has 2 rings (SSSR count). The molecule has 106 valence electrons. The van der Waals surface area contributed by atoms with Gasteiger partial charge in [-0.2, -0.15) is 8.78 Å². The molecule has 0 aromatic heterocycles. The number of aliphatic hydroxyl groups is 1. The molecule has 1 unspecified atom stereocenters. The molecular formula is C14H19F2NO2. The van der Waals surface area contributed by atoms with Crippen LogP contribution in [0.4, 0.5) is 8.78 Å². The number of alkyl halides is 2. The zero-order valence-corrected chi connectivity index (χ0v) is 11.0. The first-order valence-electron chi connectivity index (χ1n) is 6.46. The predicted molar refractivity (Wildman–Crippen MR) is 68.6 cm³/mol. The van der Waals surface area contributed by atoms with Crippen LogP contribution >= 0.6 is 0 Å². The summed E-state index contributed by atoms with van der Waals surface area (Å²) in [6.45, 7) is 0.341. The number of β-amino-alcohol motifs (C(OH)–C–C–N with tert-alkyl or cyclic N) is 1. The molecule has 1 atom stereocenters. The van der Waals surface area contributed by atoms with Gasteiger partial charge in [0.2, 0.25) is 0 Å². The Labute approximate surface area is 111 Å². The molecule has 1 heterocycles. The molecule has 19 heavy (non-hydrogen) atoms. The molecule has 0 radical (unpaired) electrons. The van der Waals surface area contributed by atoms with Gasteiger partial charge in [-0.3, -0.25) is 0 Å². The summed E-state index contributed by atoms with van der Waals surface area (Å²) in [5, 5.41) is 13.6. The van der Waals surface area contributed by atoms with Crippen LogP contribution in [0.3, 0.4) is 0 Å². The van der Waals surface area contributed by atoms with Crippen LogP contribution in [-0.2, 0) is 6.42 Å². The minimum atomic E-state index is -2.83. The standard InChI is InChI=1S/C14H19F2NO2/c1-10-3-4-11(7-12(10)19-13(15)16)8-14(18)5-2-6-17-9-14/h3-4,7,13,17-18H,2,5-6,8-9H2,1H3. The quantitative estimate of drug-likeness (QED) is 0.882. The van der Waals surface area contributed by atoms with Gasteiger partial charge in [0.25, 0.3) is 0 Å². The Bertz CT molecular complexity index is 431. The first-order chi connectivity index (χ1) is 8.98. The second-order valence-corrected chi connectivity index (χ2v) is 5.16. The van der Waals surface area contributed by atoms with Crippen molar-refractivity contribution >= 4 is 0 Å². The van der Waals surface area contributed by atoms with Crippen molar-refractivity contribution in [3.63, 3.8) is 0 Å². The third-order valence-corrected chi connectivity index (χ3v) is 3.45. The van der Waals surface area contributed by atoms with E-state index >= 15 is 0 Å². The highest BCUT2D eigenvalue weighted by molar-refractivity contribution is 5.37. The molecule has 1 aliphatic rings. The molecule has 3 nitrogen and oxygen atoms in total. The third-order valence-electron chi connectivity index (χ3n) is 3.45. The number of benzene rings is 1. The van der Waals surface area contributed by atoms with Crippen LogP contribution in [0.5, 0.6) is 5.75 Å². The van der Waals surface area contributed by atoms with Crippen molar-refractivity contribution in [2.75, 3.05) is 13.1 Å². The fraction of sp³-hybridized carbons (Fsp3) is 0.571. The second kappa shape index (κ2) is 5.84. The zero-order chi connectivity index (χ0) is 13.9. The number of ether oxygens (including phenoxy) is 1. The van der Waals surface area contributed by atoms with Crippen molar-refractivity contribution in [1.82, 2.24) is 5.32 Å². The minimum absolute atomic E-state index is 0.180. The van der Waals surface area contributed by atoms with Crippen molar-refractivity contribution in [2.24, 2.45) is 0 Å². The zero-order valence-electron chi connectivity index (χ0n) is 11.0. The van der Waals surface area contributed by atoms with Gasteiger partial charge in [0.1, 0.15) is 5.75 Å². The highest BCUT2D eigenvalue weighted by Gasteiger charge is 2.29. The lowest BCUT2D eigenvalue weighted by molar-refractivity contribution is -0.0503. The third kappa shape index (κ3) is 3.88. The van der Waals surface area contributed by atoms with Gasteiger partial charge in [-0.25, -0.2) is 0 Å². The van der Waals surface area contributed by atoms with Gasteiger partial charge in [0, 0.05) is 13.0 Å². The number of nitrogens with one attached hydrogen (secondary N) is 1. The van der Waals surface area contributed by atoms with Gasteiger partial charge in [0.05, 0.1) is 5.60 Å². The van der Waals surface area contributed by atoms with Crippen LogP contribution in [0.2, 0.25) is 0 Å². The van der Waals surface area contributed by atoms with Crippen LogP contribution < -0.4 is 10.1 Å². The summed E-state index contributed by atoms with van der Waals surface area (Å²) in [6, 6.07) is 5.18. The van der Waals surface area contributed by atoms with Crippen molar-refractivity contribution in [1.29, 1.82) is 0 Å². The molecule has 1 fully saturated rings. The van der Waals surface area contributed by atoms with E-state index in [1.165, 1.54) is 0 Å². The van der Waals surface area contributed by atoms with Crippen molar-refractivity contribution in [3.8, 4) is 5.75 Å². The average Bonchev–Trinajstić information content (AvgIpc) is 2.33. The number of hydrogen-bond donors (Lipinski definition) is 2. The largest absolute Gasteiger partial charge is 0.435 e. The van der Waals surface area contributed by atoms with E-state index in [9.17, 15) is 13.9 Å². The van der Waals surface area contributed by atoms with E-state index in [4.69, 9.17) is 0 Å². The topological polar surface area (TPSA) is 41.5 Å². The van der Waals surface area contributed by atoms with Crippen LogP contribution in [0.15, 0.2) is 18.2 Å². The lowest BCUT2D eigenvalue weighted by Gasteiger charge is -2.32. The lowest BCUT2D eigenvalue weighted by atomic mass is 9.87. The Hall–Kier alpha value is -1.20. The Balaban J connectivity index is 2.11. The summed E-state index contributed by atoms with van der Waals surface area (Å²) < 4.78 is 29.0. The summed E-state index contributed by atoms with van der Waals surface area (Å²) in [5.41, 5.74) is 0.681. The van der Waals surface area contributed by atoms with E-state index in [-0.39, 0.29) is 5.75 Å². The summed E-state index contributed by atoms with van der Waals surface area (Å²) in [5.74, 6) is 0.180. The molecule has 0 saturated carbocycles. The van der Waals surface area contributed by atoms with E-state index in [0.29, 0.717) is 18.5 Å². The Kier molecular flexibility index (Phi) is 4.37. The maximum Gasteiger partial charge on any atom is 0.387 e. The molecule has 0 aliphatic carbocycles. The number of aryl methyl sites for hydroxylation is 1. The maximum atomic E-state index is 12.3. The van der Waals surface area contributed by atoms with E-state index in [1.54, 1.807) is 19.1 Å². The lowest BCUT2D eigenvalue weighted by Crippen LogP contribution is -2.47. The monoisotopic (exact) mass is 271 g/mol. The number of piperidine rings is 1. The van der Waals surface area contributed by atoms with Gasteiger partial charge in [-0.05, 0) is 43.5 Å². The van der Waals surface area contributed by atoms with Crippen LogP contribution in [0.25, 0.3) is 0 Å². The molecular weight excluding hydrogens is 252 g/mol. The average molecular weight is 271 g/mol. The number of hydrogen-bond acceptors (Lipinski definition) is 3. The molecule has 1 aliphatic heterocycles. The Morgan fingerprint density at radius 1 is 1.47 bits per heavy atom. The van der Waals surface area contributed by atoms with Crippen molar-refractivity contribution < 1.29 is 18.6 Å². The Morgan fingerprint density at radius 2 is 2.26 bits per heavy atom. The molecule has 0 spiro atoms. The highest BCUT2D eigenvalue weighted by atomic mass is 19.3. The van der Waals surface area contributed by atoms with E-state index in [1.807, 2.05) is 6.07 Å². The van der Waals surface area contributed by atoms with Gasteiger partial charge in [-0.1, -0.05) is 12.1 Å². The summed E-state index contributed by atoms with van der Waals surface area (Å²) in [6.07, 6.45) is 2.08. The van der Waals surface area contributed by atoms with Gasteiger partial charge >= 0.3 is 6.61 Å². The van der Waals surface area contributed by atoms with Crippen molar-refractivity contribution in [2.45, 2.75) is 38.4 Å². The smallest absolute Gasteiger partial charge is 0.387 e. The molecule has 2 N–H and O–H groups in total. The molecule has 1 aromatic rings. The normalized spacial score (nSPS) is 23.6. The van der Waals surface area contributed by atoms with Crippen LogP contribution in [0.1, 0.15) is 24.0 Å². The summed E-state index contributed by atoms with van der Waals surface area (Å²) in [4.78, 5) is 0. The molecule has 0 bridgehead atoms. The predicted octanol–water partition coefficient (Wildman–Crippen LogP) is 2.25. The van der Waals surface area contributed by atoms with E-state index in [2.05, 4.69) is 10.1 Å². The van der Waals surface area contributed by atoms with Gasteiger partial charge in [0.15, 0.2) is 0 Å². The van der Waals surface area contributed by atoms with Crippen LogP contribution in [-0.4, -0.2) is 30.4 Å². The Morgan fingerprint density at radius 3 is 2.89 bits per heavy atom. The van der Waals surface area contributed by atoms with E-state index in [0.717, 1.165) is 24.9 Å². The maximum absolute atomic E-state index is 12.3. The molecule has 1 aromatic carbocycles. The molecule has 0 amide bonds. The highest BCUT2D eigenvalue weighted by Crippen LogP contribution is 2.26. The second-order valence-electron chi connectivity index (χ2n) is 5.16. The van der Waals surface area contributed by atoms with Gasteiger partial charge < -0.3 is 15.2 Å². The fourth-order valence-corrected chi connectivity index (χ4v) is 2.46. The summed E-state index contributed by atoms with van der Waals surface area (Å²) in [7, 11) is 0. The first kappa shape index (κ1) is 14.2. The number of halogens is 2. The fourth-order valence-electron chi connectivity index (χ4n) is 2.46. The van der Waals surface area contributed by atoms with Gasteiger partial charge in [-0.15, -0.1) is 0 Å². The summed E-state index contributed by atoms with van der Waals surface area (Å²) >= 11 is 0. The van der Waals surface area contributed by atoms with Crippen molar-refractivity contribution in [3.05, 3.63) is 29.3 Å². The van der Waals surface area contributed by atoms with E-state index < -0.39 is 12.2 Å². The van der Waals surface area contributed by atoms with Crippen LogP contribution in [0, 0.1) is 6.92 Å². The number of rotatable bonds is 4. The SMILES string of the molecule is Cc1ccc(CC2(O)CCCNC2)cc1OC(F)F. The minimum Gasteiger partial charge on any atom is -0.435 e. The first-order valence-corrected chi connectivity index (χ1v) is 6.46. The molecule has 5 heteroatoms. The molecule has 1 saturated heterocycles.